The fourth-order valence-electron chi connectivity index (χ4n) is 3.47. The molecule has 0 aliphatic carbocycles. The number of anilines is 1. The SMILES string of the molecule is Cc1ccc(C)c([C@H](C)NC(=O)c2cccc(N3CCCCS3(=O)=O)c2)c1. The Labute approximate surface area is 161 Å². The first-order chi connectivity index (χ1) is 12.8. The molecular formula is C21H26N2O3S. The molecule has 0 aromatic heterocycles. The summed E-state index contributed by atoms with van der Waals surface area (Å²) in [4.78, 5) is 12.7. The number of hydrogen-bond acceptors (Lipinski definition) is 3. The van der Waals surface area contributed by atoms with E-state index in [2.05, 4.69) is 23.5 Å². The van der Waals surface area contributed by atoms with Gasteiger partial charge < -0.3 is 5.32 Å². The first-order valence-corrected chi connectivity index (χ1v) is 10.9. The lowest BCUT2D eigenvalue weighted by Crippen LogP contribution is -2.38. The predicted molar refractivity (Wildman–Crippen MR) is 109 cm³/mol. The second-order valence-corrected chi connectivity index (χ2v) is 9.21. The summed E-state index contributed by atoms with van der Waals surface area (Å²) in [5.74, 6) is -0.0488. The zero-order chi connectivity index (χ0) is 19.6. The zero-order valence-corrected chi connectivity index (χ0v) is 16.8. The van der Waals surface area contributed by atoms with Crippen molar-refractivity contribution in [3.63, 3.8) is 0 Å². The maximum Gasteiger partial charge on any atom is 0.251 e. The highest BCUT2D eigenvalue weighted by atomic mass is 32.2. The van der Waals surface area contributed by atoms with Crippen molar-refractivity contribution in [2.45, 2.75) is 39.7 Å². The van der Waals surface area contributed by atoms with Crippen LogP contribution < -0.4 is 9.62 Å². The van der Waals surface area contributed by atoms with Crippen molar-refractivity contribution in [1.29, 1.82) is 0 Å². The molecule has 144 valence electrons. The van der Waals surface area contributed by atoms with Gasteiger partial charge in [-0.05, 0) is 62.9 Å². The number of carbonyl (C=O) groups is 1. The third-order valence-electron chi connectivity index (χ3n) is 4.99. The standard InChI is InChI=1S/C21H26N2O3S/c1-15-9-10-16(2)20(13-15)17(3)22-21(24)18-7-6-8-19(14-18)23-11-4-5-12-27(23,25)26/h6-10,13-14,17H,4-5,11-12H2,1-3H3,(H,22,24)/t17-/m0/s1. The molecule has 0 saturated carbocycles. The fraction of sp³-hybridized carbons (Fsp3) is 0.381. The summed E-state index contributed by atoms with van der Waals surface area (Å²) in [5, 5.41) is 3.02. The Morgan fingerprint density at radius 2 is 1.89 bits per heavy atom. The van der Waals surface area contributed by atoms with Crippen LogP contribution in [0.3, 0.4) is 0 Å². The van der Waals surface area contributed by atoms with Crippen molar-refractivity contribution in [1.82, 2.24) is 5.32 Å². The van der Waals surface area contributed by atoms with E-state index in [-0.39, 0.29) is 17.7 Å². The second kappa shape index (κ2) is 7.72. The van der Waals surface area contributed by atoms with E-state index >= 15 is 0 Å². The fourth-order valence-corrected chi connectivity index (χ4v) is 5.10. The van der Waals surface area contributed by atoms with Gasteiger partial charge in [0.1, 0.15) is 0 Å². The Balaban J connectivity index is 1.80. The van der Waals surface area contributed by atoms with Crippen molar-refractivity contribution in [3.8, 4) is 0 Å². The molecule has 0 spiro atoms. The molecular weight excluding hydrogens is 360 g/mol. The number of benzene rings is 2. The van der Waals surface area contributed by atoms with Crippen LogP contribution in [0, 0.1) is 13.8 Å². The van der Waals surface area contributed by atoms with Gasteiger partial charge in [0.2, 0.25) is 10.0 Å². The molecule has 3 rings (SSSR count). The van der Waals surface area contributed by atoms with Crippen LogP contribution in [-0.4, -0.2) is 26.6 Å². The minimum absolute atomic E-state index is 0.139. The van der Waals surface area contributed by atoms with Gasteiger partial charge in [-0.1, -0.05) is 29.8 Å². The molecule has 2 aromatic carbocycles. The Bertz CT molecular complexity index is 954. The highest BCUT2D eigenvalue weighted by molar-refractivity contribution is 7.92. The molecule has 0 radical (unpaired) electrons. The highest BCUT2D eigenvalue weighted by Gasteiger charge is 2.26. The van der Waals surface area contributed by atoms with Crippen LogP contribution in [0.15, 0.2) is 42.5 Å². The van der Waals surface area contributed by atoms with Gasteiger partial charge in [-0.15, -0.1) is 0 Å². The van der Waals surface area contributed by atoms with Gasteiger partial charge in [0, 0.05) is 12.1 Å². The molecule has 1 fully saturated rings. The van der Waals surface area contributed by atoms with Crippen molar-refractivity contribution < 1.29 is 13.2 Å². The lowest BCUT2D eigenvalue weighted by Gasteiger charge is -2.28. The quantitative estimate of drug-likeness (QED) is 0.871. The smallest absolute Gasteiger partial charge is 0.251 e. The molecule has 1 amide bonds. The molecule has 6 heteroatoms. The molecule has 1 atom stereocenters. The van der Waals surface area contributed by atoms with E-state index < -0.39 is 10.0 Å². The lowest BCUT2D eigenvalue weighted by atomic mass is 9.99. The minimum atomic E-state index is -3.29. The Hall–Kier alpha value is -2.34. The number of carbonyl (C=O) groups excluding carboxylic acids is 1. The lowest BCUT2D eigenvalue weighted by molar-refractivity contribution is 0.0940. The maximum absolute atomic E-state index is 12.7. The van der Waals surface area contributed by atoms with Gasteiger partial charge >= 0.3 is 0 Å². The van der Waals surface area contributed by atoms with Crippen molar-refractivity contribution in [2.24, 2.45) is 0 Å². The number of nitrogens with zero attached hydrogens (tertiary/aromatic N) is 1. The molecule has 0 unspecified atom stereocenters. The molecule has 5 nitrogen and oxygen atoms in total. The third-order valence-corrected chi connectivity index (χ3v) is 6.86. The number of nitrogens with one attached hydrogen (secondary N) is 1. The molecule has 1 heterocycles. The van der Waals surface area contributed by atoms with Crippen LogP contribution in [0.5, 0.6) is 0 Å². The summed E-state index contributed by atoms with van der Waals surface area (Å²) >= 11 is 0. The number of aryl methyl sites for hydroxylation is 2. The molecule has 27 heavy (non-hydrogen) atoms. The molecule has 2 aromatic rings. The van der Waals surface area contributed by atoms with Crippen LogP contribution in [0.2, 0.25) is 0 Å². The van der Waals surface area contributed by atoms with Crippen LogP contribution in [0.1, 0.15) is 52.9 Å². The van der Waals surface area contributed by atoms with Gasteiger partial charge in [-0.3, -0.25) is 9.10 Å². The van der Waals surface area contributed by atoms with Crippen LogP contribution >= 0.6 is 0 Å². The van der Waals surface area contributed by atoms with E-state index in [1.54, 1.807) is 24.3 Å². The summed E-state index contributed by atoms with van der Waals surface area (Å²) in [6, 6.07) is 12.9. The Morgan fingerprint density at radius 3 is 2.63 bits per heavy atom. The van der Waals surface area contributed by atoms with Gasteiger partial charge in [-0.25, -0.2) is 8.42 Å². The molecule has 1 aliphatic rings. The van der Waals surface area contributed by atoms with Gasteiger partial charge in [-0.2, -0.15) is 0 Å². The minimum Gasteiger partial charge on any atom is -0.346 e. The Morgan fingerprint density at radius 1 is 1.11 bits per heavy atom. The molecule has 1 saturated heterocycles. The van der Waals surface area contributed by atoms with E-state index in [4.69, 9.17) is 0 Å². The van der Waals surface area contributed by atoms with Crippen LogP contribution in [-0.2, 0) is 10.0 Å². The second-order valence-electron chi connectivity index (χ2n) is 7.20. The summed E-state index contributed by atoms with van der Waals surface area (Å²) in [6.45, 7) is 6.48. The van der Waals surface area contributed by atoms with E-state index in [0.717, 1.165) is 23.1 Å². The number of hydrogen-bond donors (Lipinski definition) is 1. The van der Waals surface area contributed by atoms with Crippen LogP contribution in [0.25, 0.3) is 0 Å². The van der Waals surface area contributed by atoms with E-state index in [0.29, 0.717) is 24.2 Å². The van der Waals surface area contributed by atoms with E-state index in [9.17, 15) is 13.2 Å². The first kappa shape index (κ1) is 19.4. The first-order valence-electron chi connectivity index (χ1n) is 9.26. The zero-order valence-electron chi connectivity index (χ0n) is 16.0. The van der Waals surface area contributed by atoms with Gasteiger partial charge in [0.25, 0.3) is 5.91 Å². The van der Waals surface area contributed by atoms with Crippen molar-refractivity contribution >= 4 is 21.6 Å². The molecule has 0 bridgehead atoms. The summed E-state index contributed by atoms with van der Waals surface area (Å²) < 4.78 is 26.1. The van der Waals surface area contributed by atoms with E-state index in [1.165, 1.54) is 4.31 Å². The average molecular weight is 387 g/mol. The average Bonchev–Trinajstić information content (AvgIpc) is 2.63. The topological polar surface area (TPSA) is 66.5 Å². The van der Waals surface area contributed by atoms with E-state index in [1.807, 2.05) is 20.8 Å². The number of amides is 1. The monoisotopic (exact) mass is 386 g/mol. The largest absolute Gasteiger partial charge is 0.346 e. The number of rotatable bonds is 4. The van der Waals surface area contributed by atoms with Gasteiger partial charge in [0.05, 0.1) is 17.5 Å². The summed E-state index contributed by atoms with van der Waals surface area (Å²) in [6.07, 6.45) is 1.52. The molecule has 1 aliphatic heterocycles. The number of sulfonamides is 1. The normalized spacial score (nSPS) is 17.4. The summed E-state index contributed by atoms with van der Waals surface area (Å²) in [5.41, 5.74) is 4.38. The summed E-state index contributed by atoms with van der Waals surface area (Å²) in [7, 11) is -3.29. The maximum atomic E-state index is 12.7. The third kappa shape index (κ3) is 4.33. The van der Waals surface area contributed by atoms with Crippen molar-refractivity contribution in [3.05, 3.63) is 64.7 Å². The van der Waals surface area contributed by atoms with Crippen molar-refractivity contribution in [2.75, 3.05) is 16.6 Å². The van der Waals surface area contributed by atoms with Crippen LogP contribution in [0.4, 0.5) is 5.69 Å². The predicted octanol–water partition coefficient (Wildman–Crippen LogP) is 3.72. The highest BCUT2D eigenvalue weighted by Crippen LogP contribution is 2.25. The Kier molecular flexibility index (Phi) is 5.56. The van der Waals surface area contributed by atoms with Gasteiger partial charge in [0.15, 0.2) is 0 Å². The molecule has 1 N–H and O–H groups in total.